The predicted molar refractivity (Wildman–Crippen MR) is 138 cm³/mol. The highest BCUT2D eigenvalue weighted by Gasteiger charge is 2.15. The van der Waals surface area contributed by atoms with Crippen molar-refractivity contribution in [1.29, 1.82) is 0 Å². The monoisotopic (exact) mass is 539 g/mol. The van der Waals surface area contributed by atoms with Gasteiger partial charge in [-0.25, -0.2) is 18.7 Å². The topological polar surface area (TPSA) is 88.6 Å². The van der Waals surface area contributed by atoms with Crippen LogP contribution in [0.1, 0.15) is 0 Å². The summed E-state index contributed by atoms with van der Waals surface area (Å²) in [4.78, 5) is 22.9. The van der Waals surface area contributed by atoms with Gasteiger partial charge in [0.1, 0.15) is 37.0 Å². The molecule has 0 bridgehead atoms. The molecule has 36 heavy (non-hydrogen) atoms. The molecule has 12 heteroatoms. The summed E-state index contributed by atoms with van der Waals surface area (Å²) >= 11 is 11.9. The summed E-state index contributed by atoms with van der Waals surface area (Å²) in [5.41, 5.74) is 0.862. The standard InChI is InChI=1S/C24H25Cl2F2N5O3/c1-33(2)6-3-4-23(34)31-21-10-15-19(13-22(21)36-9-8-35-7-5-27)29-14-30-24(15)32-20-12-17(26)16(25)11-18(20)28/h3-4,10-14H,5-9H2,1-2H3,(H,31,34)(H,29,30,32). The van der Waals surface area contributed by atoms with Crippen LogP contribution in [0.2, 0.25) is 10.0 Å². The minimum Gasteiger partial charge on any atom is -0.489 e. The number of nitrogens with zero attached hydrogens (tertiary/aromatic N) is 3. The van der Waals surface area contributed by atoms with Crippen molar-refractivity contribution in [2.75, 3.05) is 57.8 Å². The van der Waals surface area contributed by atoms with Gasteiger partial charge in [-0.1, -0.05) is 29.3 Å². The number of likely N-dealkylation sites (N-methyl/N-ethyl adjacent to an activating group) is 1. The summed E-state index contributed by atoms with van der Waals surface area (Å²) in [6.45, 7) is 0.232. The van der Waals surface area contributed by atoms with E-state index < -0.39 is 12.5 Å². The van der Waals surface area contributed by atoms with E-state index in [1.54, 1.807) is 18.2 Å². The molecule has 192 valence electrons. The largest absolute Gasteiger partial charge is 0.489 e. The molecule has 3 aromatic rings. The number of ether oxygens (including phenoxy) is 2. The number of carbonyl (C=O) groups excluding carboxylic acids is 1. The number of hydrogen-bond acceptors (Lipinski definition) is 7. The minimum absolute atomic E-state index is 0.0329. The summed E-state index contributed by atoms with van der Waals surface area (Å²) in [6.07, 6.45) is 4.42. The molecule has 0 saturated heterocycles. The Hall–Kier alpha value is -3.05. The van der Waals surface area contributed by atoms with Gasteiger partial charge in [0.05, 0.1) is 40.2 Å². The smallest absolute Gasteiger partial charge is 0.248 e. The molecule has 0 atom stereocenters. The van der Waals surface area contributed by atoms with Gasteiger partial charge in [-0.05, 0) is 32.3 Å². The van der Waals surface area contributed by atoms with Crippen molar-refractivity contribution >= 4 is 57.2 Å². The summed E-state index contributed by atoms with van der Waals surface area (Å²) in [7, 11) is 3.77. The van der Waals surface area contributed by atoms with Crippen LogP contribution in [0, 0.1) is 5.82 Å². The van der Waals surface area contributed by atoms with Crippen LogP contribution in [0.25, 0.3) is 10.9 Å². The average molecular weight is 540 g/mol. The Bertz CT molecular complexity index is 1240. The Balaban J connectivity index is 1.94. The van der Waals surface area contributed by atoms with Gasteiger partial charge < -0.3 is 25.0 Å². The number of amides is 1. The minimum atomic E-state index is -0.621. The zero-order valence-corrected chi connectivity index (χ0v) is 21.2. The van der Waals surface area contributed by atoms with Crippen molar-refractivity contribution in [3.63, 3.8) is 0 Å². The van der Waals surface area contributed by atoms with E-state index in [2.05, 4.69) is 20.6 Å². The lowest BCUT2D eigenvalue weighted by molar-refractivity contribution is -0.111. The maximum atomic E-state index is 14.5. The Kier molecular flexibility index (Phi) is 10.2. The lowest BCUT2D eigenvalue weighted by atomic mass is 10.1. The lowest BCUT2D eigenvalue weighted by Crippen LogP contribution is -2.14. The number of rotatable bonds is 12. The van der Waals surface area contributed by atoms with Gasteiger partial charge in [0.15, 0.2) is 0 Å². The third kappa shape index (κ3) is 7.72. The number of benzene rings is 2. The Morgan fingerprint density at radius 2 is 1.86 bits per heavy atom. The highest BCUT2D eigenvalue weighted by atomic mass is 35.5. The van der Waals surface area contributed by atoms with Crippen LogP contribution in [0.4, 0.5) is 26.0 Å². The predicted octanol–water partition coefficient (Wildman–Crippen LogP) is 5.24. The third-order valence-electron chi connectivity index (χ3n) is 4.70. The van der Waals surface area contributed by atoms with E-state index in [4.69, 9.17) is 32.7 Å². The van der Waals surface area contributed by atoms with Gasteiger partial charge in [0, 0.05) is 24.1 Å². The van der Waals surface area contributed by atoms with E-state index in [1.807, 2.05) is 19.0 Å². The molecule has 0 radical (unpaired) electrons. The molecule has 0 aliphatic heterocycles. The first-order valence-electron chi connectivity index (χ1n) is 10.9. The van der Waals surface area contributed by atoms with Crippen molar-refractivity contribution in [2.24, 2.45) is 0 Å². The van der Waals surface area contributed by atoms with E-state index in [0.717, 1.165) is 6.07 Å². The first-order valence-corrected chi connectivity index (χ1v) is 11.6. The van der Waals surface area contributed by atoms with Gasteiger partial charge in [0.2, 0.25) is 5.91 Å². The Morgan fingerprint density at radius 3 is 2.61 bits per heavy atom. The zero-order valence-electron chi connectivity index (χ0n) is 19.7. The fraction of sp³-hybridized carbons (Fsp3) is 0.292. The molecular weight excluding hydrogens is 515 g/mol. The zero-order chi connectivity index (χ0) is 26.1. The Labute approximate surface area is 217 Å². The van der Waals surface area contributed by atoms with Crippen LogP contribution < -0.4 is 15.4 Å². The fourth-order valence-electron chi connectivity index (χ4n) is 3.06. The average Bonchev–Trinajstić information content (AvgIpc) is 2.82. The van der Waals surface area contributed by atoms with E-state index >= 15 is 0 Å². The molecule has 0 spiro atoms. The number of anilines is 3. The van der Waals surface area contributed by atoms with Crippen LogP contribution in [0.5, 0.6) is 5.75 Å². The molecule has 0 unspecified atom stereocenters. The fourth-order valence-corrected chi connectivity index (χ4v) is 3.37. The number of nitrogens with one attached hydrogen (secondary N) is 2. The van der Waals surface area contributed by atoms with E-state index in [1.165, 1.54) is 18.5 Å². The van der Waals surface area contributed by atoms with Crippen molar-refractivity contribution < 1.29 is 23.0 Å². The van der Waals surface area contributed by atoms with Gasteiger partial charge in [-0.2, -0.15) is 0 Å². The molecule has 1 heterocycles. The molecule has 0 aliphatic rings. The molecule has 2 N–H and O–H groups in total. The second kappa shape index (κ2) is 13.3. The SMILES string of the molecule is CN(C)CC=CC(=O)Nc1cc2c(Nc3cc(Cl)c(Cl)cc3F)ncnc2cc1OCCOCCF. The number of fused-ring (bicyclic) bond motifs is 1. The molecule has 2 aromatic carbocycles. The van der Waals surface area contributed by atoms with Gasteiger partial charge in [-0.15, -0.1) is 0 Å². The van der Waals surface area contributed by atoms with Gasteiger partial charge in [0.25, 0.3) is 0 Å². The number of alkyl halides is 1. The molecule has 3 rings (SSSR count). The van der Waals surface area contributed by atoms with Crippen molar-refractivity contribution in [1.82, 2.24) is 14.9 Å². The highest BCUT2D eigenvalue weighted by molar-refractivity contribution is 6.42. The van der Waals surface area contributed by atoms with E-state index in [9.17, 15) is 13.6 Å². The molecule has 1 amide bonds. The molecule has 0 fully saturated rings. The maximum Gasteiger partial charge on any atom is 0.248 e. The molecule has 0 aliphatic carbocycles. The van der Waals surface area contributed by atoms with E-state index in [0.29, 0.717) is 28.9 Å². The molecular formula is C24H25Cl2F2N5O3. The molecule has 0 saturated carbocycles. The quantitative estimate of drug-likeness (QED) is 0.185. The van der Waals surface area contributed by atoms with Gasteiger partial charge in [-0.3, -0.25) is 4.79 Å². The summed E-state index contributed by atoms with van der Waals surface area (Å²) in [6, 6.07) is 5.67. The number of carbonyl (C=O) groups is 1. The van der Waals surface area contributed by atoms with Crippen LogP contribution in [0.3, 0.4) is 0 Å². The first kappa shape index (κ1) is 27.5. The van der Waals surface area contributed by atoms with E-state index in [-0.39, 0.29) is 47.3 Å². The lowest BCUT2D eigenvalue weighted by Gasteiger charge is -2.15. The van der Waals surface area contributed by atoms with Crippen molar-refractivity contribution in [3.8, 4) is 5.75 Å². The highest BCUT2D eigenvalue weighted by Crippen LogP contribution is 2.35. The Morgan fingerprint density at radius 1 is 1.08 bits per heavy atom. The summed E-state index contributed by atoms with van der Waals surface area (Å²) in [5, 5.41) is 6.41. The van der Waals surface area contributed by atoms with Crippen molar-refractivity contribution in [3.05, 3.63) is 58.6 Å². The molecule has 8 nitrogen and oxygen atoms in total. The number of hydrogen-bond donors (Lipinski definition) is 2. The first-order chi connectivity index (χ1) is 17.3. The summed E-state index contributed by atoms with van der Waals surface area (Å²) in [5.74, 6) is -0.402. The molecule has 1 aromatic heterocycles. The van der Waals surface area contributed by atoms with Gasteiger partial charge >= 0.3 is 0 Å². The van der Waals surface area contributed by atoms with Crippen LogP contribution in [-0.4, -0.2) is 67.9 Å². The maximum absolute atomic E-state index is 14.5. The third-order valence-corrected chi connectivity index (χ3v) is 5.43. The second-order valence-corrected chi connectivity index (χ2v) is 8.58. The number of halogens is 4. The van der Waals surface area contributed by atoms with Crippen LogP contribution in [-0.2, 0) is 9.53 Å². The van der Waals surface area contributed by atoms with Crippen LogP contribution in [0.15, 0.2) is 42.7 Å². The summed E-state index contributed by atoms with van der Waals surface area (Å²) < 4.78 is 37.6. The van der Waals surface area contributed by atoms with Crippen LogP contribution >= 0.6 is 23.2 Å². The van der Waals surface area contributed by atoms with Crippen molar-refractivity contribution in [2.45, 2.75) is 0 Å². The second-order valence-electron chi connectivity index (χ2n) is 7.76. The number of aromatic nitrogens is 2. The normalized spacial score (nSPS) is 11.4.